The number of hydrogen-bond acceptors (Lipinski definition) is 4. The van der Waals surface area contributed by atoms with Gasteiger partial charge in [-0.1, -0.05) is 19.9 Å². The average Bonchev–Trinajstić information content (AvgIpc) is 2.59. The standard InChI is InChI=1S/C10H13N5/c1-7(2)3-4-15-6-14-10-8(15)9(11)12-5-13-10/h3-7H,1-2H3,(H2,11,12,13)/b4-3+. The molecule has 5 heteroatoms. The van der Waals surface area contributed by atoms with Crippen molar-refractivity contribution >= 4 is 23.2 Å². The van der Waals surface area contributed by atoms with Gasteiger partial charge in [0.25, 0.3) is 0 Å². The van der Waals surface area contributed by atoms with E-state index in [4.69, 9.17) is 5.73 Å². The minimum absolute atomic E-state index is 0.450. The maximum atomic E-state index is 5.76. The van der Waals surface area contributed by atoms with Crippen LogP contribution in [0.25, 0.3) is 17.4 Å². The van der Waals surface area contributed by atoms with Crippen LogP contribution in [0.15, 0.2) is 18.7 Å². The summed E-state index contributed by atoms with van der Waals surface area (Å²) in [4.78, 5) is 12.1. The van der Waals surface area contributed by atoms with E-state index in [1.165, 1.54) is 6.33 Å². The second-order valence-corrected chi connectivity index (χ2v) is 3.67. The van der Waals surface area contributed by atoms with Crippen molar-refractivity contribution in [1.29, 1.82) is 0 Å². The number of imidazole rings is 1. The van der Waals surface area contributed by atoms with Gasteiger partial charge in [0.15, 0.2) is 11.5 Å². The number of nitrogen functional groups attached to an aromatic ring is 1. The topological polar surface area (TPSA) is 69.6 Å². The molecule has 0 aromatic carbocycles. The van der Waals surface area contributed by atoms with Gasteiger partial charge in [-0.25, -0.2) is 15.0 Å². The smallest absolute Gasteiger partial charge is 0.183 e. The summed E-state index contributed by atoms with van der Waals surface area (Å²) in [7, 11) is 0. The van der Waals surface area contributed by atoms with Crippen LogP contribution in [0.1, 0.15) is 13.8 Å². The quantitative estimate of drug-likeness (QED) is 0.803. The lowest BCUT2D eigenvalue weighted by molar-refractivity contribution is 0.832. The van der Waals surface area contributed by atoms with E-state index in [0.29, 0.717) is 17.4 Å². The van der Waals surface area contributed by atoms with Gasteiger partial charge in [-0.3, -0.25) is 0 Å². The van der Waals surface area contributed by atoms with Crippen LogP contribution in [0.4, 0.5) is 5.82 Å². The molecule has 2 heterocycles. The fourth-order valence-electron chi connectivity index (χ4n) is 1.28. The Bertz CT molecular complexity index is 497. The Morgan fingerprint density at radius 1 is 1.33 bits per heavy atom. The van der Waals surface area contributed by atoms with E-state index >= 15 is 0 Å². The van der Waals surface area contributed by atoms with E-state index in [9.17, 15) is 0 Å². The molecule has 0 saturated heterocycles. The zero-order chi connectivity index (χ0) is 10.8. The van der Waals surface area contributed by atoms with Crippen LogP contribution >= 0.6 is 0 Å². The van der Waals surface area contributed by atoms with Crippen LogP contribution < -0.4 is 5.73 Å². The SMILES string of the molecule is CC(C)/C=C/n1cnc2ncnc(N)c21. The lowest BCUT2D eigenvalue weighted by atomic mass is 10.2. The number of allylic oxidation sites excluding steroid dienone is 1. The summed E-state index contributed by atoms with van der Waals surface area (Å²) in [6, 6.07) is 0. The van der Waals surface area contributed by atoms with Gasteiger partial charge in [0, 0.05) is 6.20 Å². The van der Waals surface area contributed by atoms with Crippen LogP contribution in [-0.2, 0) is 0 Å². The van der Waals surface area contributed by atoms with Crippen molar-refractivity contribution in [3.05, 3.63) is 18.7 Å². The number of fused-ring (bicyclic) bond motifs is 1. The van der Waals surface area contributed by atoms with Gasteiger partial charge >= 0.3 is 0 Å². The van der Waals surface area contributed by atoms with Gasteiger partial charge in [0.2, 0.25) is 0 Å². The Labute approximate surface area is 87.7 Å². The Kier molecular flexibility index (Phi) is 2.37. The van der Waals surface area contributed by atoms with Gasteiger partial charge in [0.1, 0.15) is 18.2 Å². The monoisotopic (exact) mass is 203 g/mol. The minimum Gasteiger partial charge on any atom is -0.382 e. The molecule has 2 rings (SSSR count). The van der Waals surface area contributed by atoms with Crippen molar-refractivity contribution in [3.63, 3.8) is 0 Å². The van der Waals surface area contributed by atoms with Crippen molar-refractivity contribution in [1.82, 2.24) is 19.5 Å². The largest absolute Gasteiger partial charge is 0.382 e. The summed E-state index contributed by atoms with van der Waals surface area (Å²) in [5.41, 5.74) is 7.14. The lowest BCUT2D eigenvalue weighted by Crippen LogP contribution is -1.96. The highest BCUT2D eigenvalue weighted by Crippen LogP contribution is 2.15. The van der Waals surface area contributed by atoms with E-state index in [1.807, 2.05) is 10.8 Å². The molecule has 0 aliphatic heterocycles. The first-order valence-electron chi connectivity index (χ1n) is 4.80. The van der Waals surface area contributed by atoms with Crippen molar-refractivity contribution in [2.24, 2.45) is 5.92 Å². The summed E-state index contributed by atoms with van der Waals surface area (Å²) >= 11 is 0. The molecule has 2 N–H and O–H groups in total. The molecule has 15 heavy (non-hydrogen) atoms. The molecule has 0 spiro atoms. The minimum atomic E-state index is 0.450. The Morgan fingerprint density at radius 3 is 2.87 bits per heavy atom. The molecule has 0 unspecified atom stereocenters. The van der Waals surface area contributed by atoms with Crippen LogP contribution in [0.5, 0.6) is 0 Å². The Hall–Kier alpha value is -1.91. The van der Waals surface area contributed by atoms with Gasteiger partial charge < -0.3 is 10.3 Å². The highest BCUT2D eigenvalue weighted by molar-refractivity contribution is 5.83. The lowest BCUT2D eigenvalue weighted by Gasteiger charge is -1.99. The maximum absolute atomic E-state index is 5.76. The van der Waals surface area contributed by atoms with E-state index < -0.39 is 0 Å². The molecule has 5 nitrogen and oxygen atoms in total. The fraction of sp³-hybridized carbons (Fsp3) is 0.300. The molecule has 0 radical (unpaired) electrons. The zero-order valence-electron chi connectivity index (χ0n) is 8.75. The molecular formula is C10H13N5. The molecule has 0 amide bonds. The van der Waals surface area contributed by atoms with Crippen LogP contribution in [0, 0.1) is 5.92 Å². The number of nitrogens with two attached hydrogens (primary N) is 1. The molecule has 2 aromatic rings. The molecule has 78 valence electrons. The number of nitrogens with zero attached hydrogens (tertiary/aromatic N) is 4. The summed E-state index contributed by atoms with van der Waals surface area (Å²) in [5, 5.41) is 0. The summed E-state index contributed by atoms with van der Waals surface area (Å²) in [5.74, 6) is 0.930. The predicted octanol–water partition coefficient (Wildman–Crippen LogP) is 1.54. The second kappa shape index (κ2) is 3.68. The molecular weight excluding hydrogens is 190 g/mol. The van der Waals surface area contributed by atoms with E-state index in [1.54, 1.807) is 6.33 Å². The van der Waals surface area contributed by atoms with Gasteiger partial charge in [-0.05, 0) is 5.92 Å². The highest BCUT2D eigenvalue weighted by Gasteiger charge is 2.05. The average molecular weight is 203 g/mol. The molecule has 0 aliphatic rings. The van der Waals surface area contributed by atoms with Gasteiger partial charge in [-0.15, -0.1) is 0 Å². The van der Waals surface area contributed by atoms with Crippen molar-refractivity contribution in [2.45, 2.75) is 13.8 Å². The second-order valence-electron chi connectivity index (χ2n) is 3.67. The third-order valence-electron chi connectivity index (χ3n) is 2.03. The first kappa shape index (κ1) is 9.64. The number of hydrogen-bond donors (Lipinski definition) is 1. The number of aromatic nitrogens is 4. The molecule has 0 fully saturated rings. The third-order valence-corrected chi connectivity index (χ3v) is 2.03. The van der Waals surface area contributed by atoms with E-state index in [2.05, 4.69) is 34.9 Å². The van der Waals surface area contributed by atoms with E-state index in [-0.39, 0.29) is 0 Å². The summed E-state index contributed by atoms with van der Waals surface area (Å²) < 4.78 is 1.84. The van der Waals surface area contributed by atoms with Crippen molar-refractivity contribution in [3.8, 4) is 0 Å². The zero-order valence-corrected chi connectivity index (χ0v) is 8.75. The van der Waals surface area contributed by atoms with Gasteiger partial charge in [-0.2, -0.15) is 0 Å². The van der Waals surface area contributed by atoms with Gasteiger partial charge in [0.05, 0.1) is 0 Å². The third kappa shape index (κ3) is 1.81. The normalized spacial score (nSPS) is 11.9. The Balaban J connectivity index is 2.53. The molecule has 0 bridgehead atoms. The summed E-state index contributed by atoms with van der Waals surface area (Å²) in [6.45, 7) is 4.21. The van der Waals surface area contributed by atoms with E-state index in [0.717, 1.165) is 5.52 Å². The molecule has 0 aliphatic carbocycles. The maximum Gasteiger partial charge on any atom is 0.183 e. The fourth-order valence-corrected chi connectivity index (χ4v) is 1.28. The Morgan fingerprint density at radius 2 is 2.13 bits per heavy atom. The van der Waals surface area contributed by atoms with Crippen LogP contribution in [0.3, 0.4) is 0 Å². The number of anilines is 1. The van der Waals surface area contributed by atoms with Crippen LogP contribution in [0.2, 0.25) is 0 Å². The van der Waals surface area contributed by atoms with Crippen molar-refractivity contribution in [2.75, 3.05) is 5.73 Å². The molecule has 0 atom stereocenters. The summed E-state index contributed by atoms with van der Waals surface area (Å²) in [6.07, 6.45) is 7.10. The first-order chi connectivity index (χ1) is 7.18. The van der Waals surface area contributed by atoms with Crippen LogP contribution in [-0.4, -0.2) is 19.5 Å². The molecule has 2 aromatic heterocycles. The first-order valence-corrected chi connectivity index (χ1v) is 4.80. The van der Waals surface area contributed by atoms with Crippen molar-refractivity contribution < 1.29 is 0 Å². The molecule has 0 saturated carbocycles. The number of rotatable bonds is 2. The predicted molar refractivity (Wildman–Crippen MR) is 59.9 cm³/mol. The highest BCUT2D eigenvalue weighted by atomic mass is 15.1.